The van der Waals surface area contributed by atoms with Crippen LogP contribution >= 0.6 is 11.8 Å². The molecule has 3 rings (SSSR count). The standard InChI is InChI=1S/C18H19N5O2S/c1-3-25-15-5-7-16(8-6-15)26-11-18(24)20-14-4-9-17(13(2)10-14)23-12-19-21-22-23/h4-10,12H,3,11H2,1-2H3,(H,20,24). The van der Waals surface area contributed by atoms with Crippen LogP contribution in [0.15, 0.2) is 53.7 Å². The normalized spacial score (nSPS) is 10.5. The minimum Gasteiger partial charge on any atom is -0.494 e. The number of aromatic nitrogens is 4. The highest BCUT2D eigenvalue weighted by Crippen LogP contribution is 2.22. The molecule has 0 aliphatic carbocycles. The predicted octanol–water partition coefficient (Wildman–Crippen LogP) is 3.10. The molecule has 0 atom stereocenters. The average molecular weight is 369 g/mol. The monoisotopic (exact) mass is 369 g/mol. The molecule has 0 saturated heterocycles. The summed E-state index contributed by atoms with van der Waals surface area (Å²) in [4.78, 5) is 13.2. The smallest absolute Gasteiger partial charge is 0.234 e. The Morgan fingerprint density at radius 2 is 2.04 bits per heavy atom. The Morgan fingerprint density at radius 1 is 1.23 bits per heavy atom. The Labute approximate surface area is 155 Å². The topological polar surface area (TPSA) is 81.9 Å². The first-order valence-corrected chi connectivity index (χ1v) is 9.14. The van der Waals surface area contributed by atoms with Crippen LogP contribution in [0.4, 0.5) is 5.69 Å². The second-order valence-electron chi connectivity index (χ2n) is 5.50. The van der Waals surface area contributed by atoms with Gasteiger partial charge in [-0.1, -0.05) is 0 Å². The quantitative estimate of drug-likeness (QED) is 0.645. The molecule has 2 aromatic carbocycles. The van der Waals surface area contributed by atoms with Crippen molar-refractivity contribution in [3.63, 3.8) is 0 Å². The SMILES string of the molecule is CCOc1ccc(SCC(=O)Nc2ccc(-n3cnnn3)c(C)c2)cc1. The van der Waals surface area contributed by atoms with Crippen molar-refractivity contribution >= 4 is 23.4 Å². The number of anilines is 1. The highest BCUT2D eigenvalue weighted by atomic mass is 32.2. The van der Waals surface area contributed by atoms with E-state index in [2.05, 4.69) is 20.8 Å². The number of hydrogen-bond donors (Lipinski definition) is 1. The molecule has 1 amide bonds. The van der Waals surface area contributed by atoms with Crippen molar-refractivity contribution in [1.82, 2.24) is 20.2 Å². The summed E-state index contributed by atoms with van der Waals surface area (Å²) < 4.78 is 7.00. The number of aryl methyl sites for hydroxylation is 1. The van der Waals surface area contributed by atoms with Gasteiger partial charge in [-0.05, 0) is 72.3 Å². The van der Waals surface area contributed by atoms with E-state index in [9.17, 15) is 4.79 Å². The zero-order valence-electron chi connectivity index (χ0n) is 14.5. The summed E-state index contributed by atoms with van der Waals surface area (Å²) in [5, 5.41) is 14.0. The molecule has 0 spiro atoms. The lowest BCUT2D eigenvalue weighted by Crippen LogP contribution is -2.14. The van der Waals surface area contributed by atoms with Crippen molar-refractivity contribution < 1.29 is 9.53 Å². The molecule has 0 fully saturated rings. The van der Waals surface area contributed by atoms with E-state index in [1.54, 1.807) is 4.68 Å². The van der Waals surface area contributed by atoms with Gasteiger partial charge >= 0.3 is 0 Å². The molecule has 26 heavy (non-hydrogen) atoms. The van der Waals surface area contributed by atoms with Gasteiger partial charge in [0.25, 0.3) is 0 Å². The van der Waals surface area contributed by atoms with Gasteiger partial charge in [-0.15, -0.1) is 16.9 Å². The Hall–Kier alpha value is -2.87. The van der Waals surface area contributed by atoms with Gasteiger partial charge in [0.05, 0.1) is 18.0 Å². The van der Waals surface area contributed by atoms with Crippen LogP contribution in [0.25, 0.3) is 5.69 Å². The van der Waals surface area contributed by atoms with E-state index >= 15 is 0 Å². The first-order chi connectivity index (χ1) is 12.7. The number of thioether (sulfide) groups is 1. The maximum atomic E-state index is 12.2. The van der Waals surface area contributed by atoms with Gasteiger partial charge in [-0.2, -0.15) is 0 Å². The number of carbonyl (C=O) groups excluding carboxylic acids is 1. The van der Waals surface area contributed by atoms with Crippen molar-refractivity contribution in [2.75, 3.05) is 17.7 Å². The van der Waals surface area contributed by atoms with E-state index < -0.39 is 0 Å². The van der Waals surface area contributed by atoms with Gasteiger partial charge < -0.3 is 10.1 Å². The molecule has 0 aliphatic heterocycles. The van der Waals surface area contributed by atoms with E-state index in [1.165, 1.54) is 18.1 Å². The van der Waals surface area contributed by atoms with Crippen LogP contribution in [-0.2, 0) is 4.79 Å². The van der Waals surface area contributed by atoms with Gasteiger partial charge in [0.2, 0.25) is 5.91 Å². The van der Waals surface area contributed by atoms with Crippen LogP contribution < -0.4 is 10.1 Å². The molecule has 0 saturated carbocycles. The van der Waals surface area contributed by atoms with Crippen molar-refractivity contribution in [2.45, 2.75) is 18.7 Å². The molecule has 134 valence electrons. The minimum atomic E-state index is -0.0570. The molecular weight excluding hydrogens is 350 g/mol. The lowest BCUT2D eigenvalue weighted by Gasteiger charge is -2.09. The minimum absolute atomic E-state index is 0.0570. The summed E-state index contributed by atoms with van der Waals surface area (Å²) >= 11 is 1.48. The van der Waals surface area contributed by atoms with Crippen LogP contribution in [-0.4, -0.2) is 38.5 Å². The lowest BCUT2D eigenvalue weighted by atomic mass is 10.2. The number of rotatable bonds is 7. The predicted molar refractivity (Wildman–Crippen MR) is 101 cm³/mol. The fourth-order valence-electron chi connectivity index (χ4n) is 2.41. The van der Waals surface area contributed by atoms with Crippen LogP contribution in [0.2, 0.25) is 0 Å². The fourth-order valence-corrected chi connectivity index (χ4v) is 3.11. The van der Waals surface area contributed by atoms with Crippen molar-refractivity contribution in [3.8, 4) is 11.4 Å². The summed E-state index contributed by atoms with van der Waals surface area (Å²) in [7, 11) is 0. The summed E-state index contributed by atoms with van der Waals surface area (Å²) in [6.07, 6.45) is 1.54. The molecule has 0 radical (unpaired) electrons. The molecule has 0 aliphatic rings. The van der Waals surface area contributed by atoms with Gasteiger partial charge in [-0.3, -0.25) is 4.79 Å². The first-order valence-electron chi connectivity index (χ1n) is 8.15. The molecule has 7 nitrogen and oxygen atoms in total. The highest BCUT2D eigenvalue weighted by molar-refractivity contribution is 8.00. The third-order valence-corrected chi connectivity index (χ3v) is 4.59. The molecule has 3 aromatic rings. The summed E-state index contributed by atoms with van der Waals surface area (Å²) in [6.45, 7) is 4.53. The van der Waals surface area contributed by atoms with Crippen LogP contribution in [0.1, 0.15) is 12.5 Å². The van der Waals surface area contributed by atoms with E-state index in [1.807, 2.05) is 56.3 Å². The number of amides is 1. The zero-order valence-corrected chi connectivity index (χ0v) is 15.4. The summed E-state index contributed by atoms with van der Waals surface area (Å²) in [6, 6.07) is 13.3. The van der Waals surface area contributed by atoms with Gasteiger partial charge in [0.15, 0.2) is 0 Å². The first kappa shape index (κ1) is 17.9. The second-order valence-corrected chi connectivity index (χ2v) is 6.55. The molecule has 0 unspecified atom stereocenters. The summed E-state index contributed by atoms with van der Waals surface area (Å²) in [5.74, 6) is 1.11. The van der Waals surface area contributed by atoms with Crippen LogP contribution in [0.5, 0.6) is 5.75 Å². The third-order valence-electron chi connectivity index (χ3n) is 3.58. The third kappa shape index (κ3) is 4.60. The molecule has 1 aromatic heterocycles. The van der Waals surface area contributed by atoms with Crippen molar-refractivity contribution in [1.29, 1.82) is 0 Å². The highest BCUT2D eigenvalue weighted by Gasteiger charge is 2.07. The zero-order chi connectivity index (χ0) is 18.4. The second kappa shape index (κ2) is 8.48. The molecule has 0 bridgehead atoms. The Morgan fingerprint density at radius 3 is 2.69 bits per heavy atom. The average Bonchev–Trinajstić information content (AvgIpc) is 3.16. The number of hydrogen-bond acceptors (Lipinski definition) is 6. The summed E-state index contributed by atoms with van der Waals surface area (Å²) in [5.41, 5.74) is 2.59. The van der Waals surface area contributed by atoms with Gasteiger partial charge in [0.1, 0.15) is 12.1 Å². The number of nitrogens with zero attached hydrogens (tertiary/aromatic N) is 4. The molecule has 1 N–H and O–H groups in total. The maximum absolute atomic E-state index is 12.2. The van der Waals surface area contributed by atoms with E-state index in [0.717, 1.165) is 27.6 Å². The molecular formula is C18H19N5O2S. The van der Waals surface area contributed by atoms with E-state index in [4.69, 9.17) is 4.74 Å². The molecule has 8 heteroatoms. The van der Waals surface area contributed by atoms with Crippen LogP contribution in [0.3, 0.4) is 0 Å². The number of carbonyl (C=O) groups is 1. The Kier molecular flexibility index (Phi) is 5.85. The molecule has 1 heterocycles. The Bertz CT molecular complexity index is 866. The Balaban J connectivity index is 1.55. The van der Waals surface area contributed by atoms with Crippen molar-refractivity contribution in [3.05, 3.63) is 54.4 Å². The van der Waals surface area contributed by atoms with Crippen molar-refractivity contribution in [2.24, 2.45) is 0 Å². The van der Waals surface area contributed by atoms with E-state index in [-0.39, 0.29) is 5.91 Å². The maximum Gasteiger partial charge on any atom is 0.234 e. The fraction of sp³-hybridized carbons (Fsp3) is 0.222. The van der Waals surface area contributed by atoms with E-state index in [0.29, 0.717) is 12.4 Å². The number of nitrogens with one attached hydrogen (secondary N) is 1. The number of benzene rings is 2. The number of ether oxygens (including phenoxy) is 1. The van der Waals surface area contributed by atoms with Gasteiger partial charge in [-0.25, -0.2) is 4.68 Å². The van der Waals surface area contributed by atoms with Crippen LogP contribution in [0, 0.1) is 6.92 Å². The largest absolute Gasteiger partial charge is 0.494 e. The van der Waals surface area contributed by atoms with Gasteiger partial charge in [0, 0.05) is 10.6 Å². The number of tetrazole rings is 1. The lowest BCUT2D eigenvalue weighted by molar-refractivity contribution is -0.113.